The lowest BCUT2D eigenvalue weighted by Crippen LogP contribution is -2.10. The second kappa shape index (κ2) is 6.12. The molecule has 0 aromatic carbocycles. The molecule has 1 heterocycles. The van der Waals surface area contributed by atoms with E-state index in [2.05, 4.69) is 21.3 Å². The summed E-state index contributed by atoms with van der Waals surface area (Å²) in [6.07, 6.45) is 11.6. The van der Waals surface area contributed by atoms with E-state index < -0.39 is 0 Å². The van der Waals surface area contributed by atoms with Crippen molar-refractivity contribution < 1.29 is 0 Å². The molecular formula is C15H23N3S. The van der Waals surface area contributed by atoms with Gasteiger partial charge in [-0.15, -0.1) is 16.8 Å². The van der Waals surface area contributed by atoms with Crippen LogP contribution in [0.15, 0.2) is 17.8 Å². The van der Waals surface area contributed by atoms with Gasteiger partial charge in [0.2, 0.25) is 0 Å². The number of nitrogens with zero attached hydrogens (tertiary/aromatic N) is 3. The lowest BCUT2D eigenvalue weighted by molar-refractivity contribution is 0.390. The highest BCUT2D eigenvalue weighted by Gasteiger charge is 2.30. The average Bonchev–Trinajstić information content (AvgIpc) is 3.21. The predicted molar refractivity (Wildman–Crippen MR) is 79.5 cm³/mol. The Hall–Kier alpha value is -0.770. The van der Waals surface area contributed by atoms with Crippen LogP contribution in [0.4, 0.5) is 0 Å². The zero-order chi connectivity index (χ0) is 13.1. The van der Waals surface area contributed by atoms with Gasteiger partial charge in [-0.05, 0) is 31.6 Å². The number of hydrogen-bond acceptors (Lipinski definition) is 3. The van der Waals surface area contributed by atoms with E-state index in [4.69, 9.17) is 0 Å². The van der Waals surface area contributed by atoms with Gasteiger partial charge in [-0.1, -0.05) is 37.1 Å². The summed E-state index contributed by atoms with van der Waals surface area (Å²) in [4.78, 5) is 0. The van der Waals surface area contributed by atoms with Crippen LogP contribution in [0.5, 0.6) is 0 Å². The van der Waals surface area contributed by atoms with Gasteiger partial charge in [-0.25, -0.2) is 0 Å². The zero-order valence-corrected chi connectivity index (χ0v) is 12.4. The Balaban J connectivity index is 1.64. The molecule has 3 rings (SSSR count). The summed E-state index contributed by atoms with van der Waals surface area (Å²) in [5.41, 5.74) is 0. The molecule has 104 valence electrons. The molecule has 2 saturated carbocycles. The van der Waals surface area contributed by atoms with E-state index in [9.17, 15) is 0 Å². The molecule has 0 bridgehead atoms. The van der Waals surface area contributed by atoms with Crippen molar-refractivity contribution in [2.75, 3.05) is 5.75 Å². The third kappa shape index (κ3) is 3.22. The van der Waals surface area contributed by atoms with Gasteiger partial charge >= 0.3 is 0 Å². The van der Waals surface area contributed by atoms with E-state index >= 15 is 0 Å². The number of thioether (sulfide) groups is 1. The van der Waals surface area contributed by atoms with Gasteiger partial charge in [-0.3, -0.25) is 0 Å². The van der Waals surface area contributed by atoms with Crippen molar-refractivity contribution in [3.8, 4) is 0 Å². The third-order valence-electron chi connectivity index (χ3n) is 4.17. The lowest BCUT2D eigenvalue weighted by atomic mass is 9.91. The molecule has 0 amide bonds. The molecule has 1 aromatic rings. The van der Waals surface area contributed by atoms with Gasteiger partial charge in [0, 0.05) is 18.2 Å². The SMILES string of the molecule is C=CCn1c(SCC2CCCCC2)nnc1C1CC1. The molecule has 19 heavy (non-hydrogen) atoms. The molecule has 2 fully saturated rings. The standard InChI is InChI=1S/C15H23N3S/c1-2-10-18-14(13-8-9-13)16-17-15(18)19-11-12-6-4-3-5-7-12/h2,12-13H,1,3-11H2. The monoisotopic (exact) mass is 277 g/mol. The van der Waals surface area contributed by atoms with E-state index in [0.717, 1.165) is 17.6 Å². The van der Waals surface area contributed by atoms with Crippen LogP contribution in [0.25, 0.3) is 0 Å². The second-order valence-electron chi connectivity index (χ2n) is 5.83. The highest BCUT2D eigenvalue weighted by Crippen LogP contribution is 2.40. The molecule has 0 radical (unpaired) electrons. The van der Waals surface area contributed by atoms with Crippen molar-refractivity contribution in [1.29, 1.82) is 0 Å². The Bertz CT molecular complexity index is 431. The van der Waals surface area contributed by atoms with E-state index in [-0.39, 0.29) is 0 Å². The van der Waals surface area contributed by atoms with E-state index in [1.807, 2.05) is 17.8 Å². The smallest absolute Gasteiger partial charge is 0.191 e. The number of hydrogen-bond donors (Lipinski definition) is 0. The Morgan fingerprint density at radius 2 is 1.95 bits per heavy atom. The van der Waals surface area contributed by atoms with Gasteiger partial charge in [0.15, 0.2) is 5.16 Å². The van der Waals surface area contributed by atoms with Crippen molar-refractivity contribution in [3.05, 3.63) is 18.5 Å². The fourth-order valence-electron chi connectivity index (χ4n) is 2.90. The van der Waals surface area contributed by atoms with Crippen LogP contribution in [0.3, 0.4) is 0 Å². The fourth-order valence-corrected chi connectivity index (χ4v) is 4.04. The minimum absolute atomic E-state index is 0.663. The Morgan fingerprint density at radius 3 is 2.63 bits per heavy atom. The predicted octanol–water partition coefficient (Wildman–Crippen LogP) is 4.01. The maximum absolute atomic E-state index is 4.41. The highest BCUT2D eigenvalue weighted by atomic mass is 32.2. The molecule has 0 unspecified atom stereocenters. The molecule has 2 aliphatic rings. The van der Waals surface area contributed by atoms with Gasteiger partial charge in [0.1, 0.15) is 5.82 Å². The second-order valence-corrected chi connectivity index (χ2v) is 6.82. The van der Waals surface area contributed by atoms with Gasteiger partial charge < -0.3 is 4.57 Å². The van der Waals surface area contributed by atoms with Crippen molar-refractivity contribution in [3.63, 3.8) is 0 Å². The van der Waals surface area contributed by atoms with Crippen molar-refractivity contribution in [2.45, 2.75) is 62.6 Å². The lowest BCUT2D eigenvalue weighted by Gasteiger charge is -2.20. The minimum atomic E-state index is 0.663. The summed E-state index contributed by atoms with van der Waals surface area (Å²) >= 11 is 1.90. The van der Waals surface area contributed by atoms with Crippen LogP contribution in [0.1, 0.15) is 56.7 Å². The molecule has 0 N–H and O–H groups in total. The first-order valence-corrected chi connectivity index (χ1v) is 8.54. The average molecular weight is 277 g/mol. The molecule has 0 atom stereocenters. The van der Waals surface area contributed by atoms with Gasteiger partial charge in [-0.2, -0.15) is 0 Å². The molecule has 3 nitrogen and oxygen atoms in total. The van der Waals surface area contributed by atoms with Crippen LogP contribution < -0.4 is 0 Å². The molecular weight excluding hydrogens is 254 g/mol. The minimum Gasteiger partial charge on any atom is -0.302 e. The summed E-state index contributed by atoms with van der Waals surface area (Å²) in [5.74, 6) is 3.94. The third-order valence-corrected chi connectivity index (χ3v) is 5.37. The van der Waals surface area contributed by atoms with Gasteiger partial charge in [0.05, 0.1) is 0 Å². The molecule has 0 aliphatic heterocycles. The molecule has 2 aliphatic carbocycles. The molecule has 0 saturated heterocycles. The molecule has 0 spiro atoms. The fraction of sp³-hybridized carbons (Fsp3) is 0.733. The molecule has 4 heteroatoms. The van der Waals surface area contributed by atoms with Crippen LogP contribution in [0, 0.1) is 5.92 Å². The van der Waals surface area contributed by atoms with E-state index in [0.29, 0.717) is 5.92 Å². The summed E-state index contributed by atoms with van der Waals surface area (Å²) in [6.45, 7) is 4.71. The Morgan fingerprint density at radius 1 is 1.16 bits per heavy atom. The largest absolute Gasteiger partial charge is 0.302 e. The Labute approximate surface area is 119 Å². The van der Waals surface area contributed by atoms with E-state index in [1.165, 1.54) is 56.5 Å². The summed E-state index contributed by atoms with van der Waals surface area (Å²) in [6, 6.07) is 0. The first kappa shape index (κ1) is 13.2. The van der Waals surface area contributed by atoms with Gasteiger partial charge in [0.25, 0.3) is 0 Å². The zero-order valence-electron chi connectivity index (χ0n) is 11.6. The quantitative estimate of drug-likeness (QED) is 0.581. The summed E-state index contributed by atoms with van der Waals surface area (Å²) in [5, 5.41) is 9.92. The summed E-state index contributed by atoms with van der Waals surface area (Å²) < 4.78 is 2.28. The first-order valence-electron chi connectivity index (χ1n) is 7.55. The van der Waals surface area contributed by atoms with E-state index in [1.54, 1.807) is 0 Å². The Kier molecular flexibility index (Phi) is 4.26. The van der Waals surface area contributed by atoms with Crippen molar-refractivity contribution >= 4 is 11.8 Å². The highest BCUT2D eigenvalue weighted by molar-refractivity contribution is 7.99. The maximum Gasteiger partial charge on any atom is 0.191 e. The number of rotatable bonds is 6. The summed E-state index contributed by atoms with van der Waals surface area (Å²) in [7, 11) is 0. The maximum atomic E-state index is 4.41. The van der Waals surface area contributed by atoms with Crippen LogP contribution in [0.2, 0.25) is 0 Å². The van der Waals surface area contributed by atoms with Crippen LogP contribution in [-0.4, -0.2) is 20.5 Å². The topological polar surface area (TPSA) is 30.7 Å². The first-order chi connectivity index (χ1) is 9.38. The van der Waals surface area contributed by atoms with Crippen LogP contribution in [-0.2, 0) is 6.54 Å². The number of aromatic nitrogens is 3. The van der Waals surface area contributed by atoms with Crippen molar-refractivity contribution in [1.82, 2.24) is 14.8 Å². The van der Waals surface area contributed by atoms with Crippen molar-refractivity contribution in [2.24, 2.45) is 5.92 Å². The normalized spacial score (nSPS) is 20.6. The molecule has 1 aromatic heterocycles. The van der Waals surface area contributed by atoms with Crippen LogP contribution >= 0.6 is 11.8 Å². The number of allylic oxidation sites excluding steroid dienone is 1.